The van der Waals surface area contributed by atoms with E-state index in [1.807, 2.05) is 12.1 Å². The van der Waals surface area contributed by atoms with E-state index in [0.717, 1.165) is 31.9 Å². The molecule has 1 saturated heterocycles. The molecule has 1 aliphatic heterocycles. The zero-order valence-corrected chi connectivity index (χ0v) is 13.3. The van der Waals surface area contributed by atoms with Crippen LogP contribution in [0, 0.1) is 0 Å². The van der Waals surface area contributed by atoms with Crippen LogP contribution >= 0.6 is 0 Å². The first-order chi connectivity index (χ1) is 10.7. The number of hydrogen-bond acceptors (Lipinski definition) is 5. The molecule has 0 aromatic heterocycles. The number of nitrogens with zero attached hydrogens (tertiary/aromatic N) is 2. The van der Waals surface area contributed by atoms with Crippen LogP contribution in [0.2, 0.25) is 0 Å². The Hall–Kier alpha value is -1.56. The maximum absolute atomic E-state index is 9.94. The number of methoxy groups -OCH3 is 1. The smallest absolute Gasteiger partial charge is 0.119 e. The summed E-state index contributed by atoms with van der Waals surface area (Å²) in [7, 11) is 1.68. The molecule has 122 valence electrons. The highest BCUT2D eigenvalue weighted by atomic mass is 16.5. The van der Waals surface area contributed by atoms with Gasteiger partial charge in [-0.25, -0.2) is 0 Å². The van der Waals surface area contributed by atoms with Gasteiger partial charge >= 0.3 is 0 Å². The zero-order valence-electron chi connectivity index (χ0n) is 13.3. The summed E-state index contributed by atoms with van der Waals surface area (Å²) in [4.78, 5) is 4.64. The van der Waals surface area contributed by atoms with Gasteiger partial charge in [-0.3, -0.25) is 4.90 Å². The summed E-state index contributed by atoms with van der Waals surface area (Å²) >= 11 is 0. The van der Waals surface area contributed by atoms with Crippen molar-refractivity contribution in [2.45, 2.75) is 6.10 Å². The Bertz CT molecular complexity index is 442. The summed E-state index contributed by atoms with van der Waals surface area (Å²) in [6.45, 7) is 8.93. The van der Waals surface area contributed by atoms with Gasteiger partial charge < -0.3 is 19.5 Å². The molecule has 1 heterocycles. The van der Waals surface area contributed by atoms with E-state index in [4.69, 9.17) is 9.47 Å². The Morgan fingerprint density at radius 1 is 1.23 bits per heavy atom. The number of rotatable bonds is 8. The van der Waals surface area contributed by atoms with Crippen molar-refractivity contribution < 1.29 is 14.6 Å². The highest BCUT2D eigenvalue weighted by molar-refractivity contribution is 5.49. The molecule has 1 aliphatic rings. The Kier molecular flexibility index (Phi) is 6.71. The van der Waals surface area contributed by atoms with Gasteiger partial charge in [0.1, 0.15) is 5.75 Å². The molecular formula is C17H26N2O3. The molecule has 1 aromatic carbocycles. The maximum atomic E-state index is 9.94. The number of benzene rings is 1. The molecule has 0 amide bonds. The molecule has 0 bridgehead atoms. The molecule has 1 fully saturated rings. The second-order valence-corrected chi connectivity index (χ2v) is 5.47. The molecular weight excluding hydrogens is 280 g/mol. The van der Waals surface area contributed by atoms with Crippen LogP contribution in [0.5, 0.6) is 5.75 Å². The molecule has 0 saturated carbocycles. The van der Waals surface area contributed by atoms with E-state index in [2.05, 4.69) is 28.5 Å². The average molecular weight is 306 g/mol. The molecule has 0 aliphatic carbocycles. The van der Waals surface area contributed by atoms with Gasteiger partial charge in [-0.15, -0.1) is 6.58 Å². The summed E-state index contributed by atoms with van der Waals surface area (Å²) in [5, 5.41) is 9.94. The Morgan fingerprint density at radius 3 is 2.50 bits per heavy atom. The van der Waals surface area contributed by atoms with Crippen molar-refractivity contribution in [3.05, 3.63) is 36.9 Å². The van der Waals surface area contributed by atoms with E-state index in [1.54, 1.807) is 13.2 Å². The summed E-state index contributed by atoms with van der Waals surface area (Å²) in [6.07, 6.45) is 1.26. The number of hydrogen-bond donors (Lipinski definition) is 1. The lowest BCUT2D eigenvalue weighted by atomic mass is 10.2. The van der Waals surface area contributed by atoms with Gasteiger partial charge in [-0.2, -0.15) is 0 Å². The van der Waals surface area contributed by atoms with E-state index in [0.29, 0.717) is 19.8 Å². The summed E-state index contributed by atoms with van der Waals surface area (Å²) in [6, 6.07) is 8.16. The molecule has 2 rings (SSSR count). The van der Waals surface area contributed by atoms with Crippen LogP contribution < -0.4 is 9.64 Å². The van der Waals surface area contributed by atoms with E-state index >= 15 is 0 Å². The Balaban J connectivity index is 1.73. The minimum absolute atomic E-state index is 0.366. The molecule has 22 heavy (non-hydrogen) atoms. The van der Waals surface area contributed by atoms with Crippen LogP contribution in [0.15, 0.2) is 36.9 Å². The maximum Gasteiger partial charge on any atom is 0.119 e. The third-order valence-corrected chi connectivity index (χ3v) is 3.82. The number of aliphatic hydroxyl groups excluding tert-OH is 1. The fraction of sp³-hybridized carbons (Fsp3) is 0.529. The van der Waals surface area contributed by atoms with Gasteiger partial charge in [0.15, 0.2) is 0 Å². The zero-order chi connectivity index (χ0) is 15.8. The lowest BCUT2D eigenvalue weighted by molar-refractivity contribution is 0.0252. The largest absolute Gasteiger partial charge is 0.497 e. The van der Waals surface area contributed by atoms with E-state index in [-0.39, 0.29) is 0 Å². The van der Waals surface area contributed by atoms with Gasteiger partial charge in [-0.05, 0) is 24.3 Å². The first kappa shape index (κ1) is 16.8. The Labute approximate surface area is 132 Å². The van der Waals surface area contributed by atoms with Crippen LogP contribution in [0.25, 0.3) is 0 Å². The van der Waals surface area contributed by atoms with Gasteiger partial charge in [0.2, 0.25) is 0 Å². The monoisotopic (exact) mass is 306 g/mol. The van der Waals surface area contributed by atoms with Gasteiger partial charge in [0.25, 0.3) is 0 Å². The third-order valence-electron chi connectivity index (χ3n) is 3.82. The minimum atomic E-state index is -0.438. The lowest BCUT2D eigenvalue weighted by Gasteiger charge is -2.36. The fourth-order valence-electron chi connectivity index (χ4n) is 2.62. The lowest BCUT2D eigenvalue weighted by Crippen LogP contribution is -2.49. The molecule has 1 aromatic rings. The number of β-amino-alcohol motifs (C(OH)–C–C–N with tert-alkyl or cyclic N) is 1. The number of piperazine rings is 1. The SMILES string of the molecule is C=CCOC[C@@H](O)CN1CCN(c2ccc(OC)cc2)CC1. The Morgan fingerprint density at radius 2 is 1.91 bits per heavy atom. The predicted octanol–water partition coefficient (Wildman–Crippen LogP) is 1.38. The van der Waals surface area contributed by atoms with Gasteiger partial charge in [0, 0.05) is 38.4 Å². The van der Waals surface area contributed by atoms with Crippen molar-refractivity contribution in [2.75, 3.05) is 57.9 Å². The van der Waals surface area contributed by atoms with Crippen LogP contribution in [0.3, 0.4) is 0 Å². The molecule has 5 heteroatoms. The molecule has 0 spiro atoms. The first-order valence-electron chi connectivity index (χ1n) is 7.71. The highest BCUT2D eigenvalue weighted by Crippen LogP contribution is 2.20. The molecule has 0 radical (unpaired) electrons. The normalized spacial score (nSPS) is 17.3. The number of anilines is 1. The van der Waals surface area contributed by atoms with Crippen molar-refractivity contribution in [3.63, 3.8) is 0 Å². The average Bonchev–Trinajstić information content (AvgIpc) is 2.56. The minimum Gasteiger partial charge on any atom is -0.497 e. The topological polar surface area (TPSA) is 45.2 Å². The second-order valence-electron chi connectivity index (χ2n) is 5.47. The van der Waals surface area contributed by atoms with E-state index < -0.39 is 6.10 Å². The van der Waals surface area contributed by atoms with Crippen molar-refractivity contribution in [1.82, 2.24) is 4.90 Å². The van der Waals surface area contributed by atoms with Crippen molar-refractivity contribution in [2.24, 2.45) is 0 Å². The van der Waals surface area contributed by atoms with Crippen LogP contribution in [0.1, 0.15) is 0 Å². The third kappa shape index (κ3) is 5.02. The summed E-state index contributed by atoms with van der Waals surface area (Å²) in [5.74, 6) is 0.880. The van der Waals surface area contributed by atoms with Crippen LogP contribution in [-0.4, -0.2) is 69.2 Å². The quantitative estimate of drug-likeness (QED) is 0.581. The van der Waals surface area contributed by atoms with E-state index in [1.165, 1.54) is 5.69 Å². The predicted molar refractivity (Wildman–Crippen MR) is 88.7 cm³/mol. The van der Waals surface area contributed by atoms with Crippen molar-refractivity contribution >= 4 is 5.69 Å². The molecule has 0 unspecified atom stereocenters. The van der Waals surface area contributed by atoms with Gasteiger partial charge in [0.05, 0.1) is 26.4 Å². The number of aliphatic hydroxyl groups is 1. The first-order valence-corrected chi connectivity index (χ1v) is 7.71. The molecule has 5 nitrogen and oxygen atoms in total. The highest BCUT2D eigenvalue weighted by Gasteiger charge is 2.19. The van der Waals surface area contributed by atoms with Gasteiger partial charge in [-0.1, -0.05) is 6.08 Å². The molecule has 1 N–H and O–H groups in total. The van der Waals surface area contributed by atoms with E-state index in [9.17, 15) is 5.11 Å². The van der Waals surface area contributed by atoms with Crippen LogP contribution in [0.4, 0.5) is 5.69 Å². The molecule has 1 atom stereocenters. The van der Waals surface area contributed by atoms with Crippen molar-refractivity contribution in [3.8, 4) is 5.75 Å². The second kappa shape index (κ2) is 8.78. The fourth-order valence-corrected chi connectivity index (χ4v) is 2.62. The van der Waals surface area contributed by atoms with Crippen LogP contribution in [-0.2, 0) is 4.74 Å². The summed E-state index contributed by atoms with van der Waals surface area (Å²) < 4.78 is 10.5. The standard InChI is InChI=1S/C17H26N2O3/c1-3-12-22-14-16(20)13-18-8-10-19(11-9-18)15-4-6-17(21-2)7-5-15/h3-7,16,20H,1,8-14H2,2H3/t16-/m0/s1. The number of ether oxygens (including phenoxy) is 2. The van der Waals surface area contributed by atoms with Crippen molar-refractivity contribution in [1.29, 1.82) is 0 Å². The summed E-state index contributed by atoms with van der Waals surface area (Å²) in [5.41, 5.74) is 1.22.